The molecule has 0 aromatic rings. The van der Waals surface area contributed by atoms with Crippen LogP contribution in [0.25, 0.3) is 0 Å². The van der Waals surface area contributed by atoms with Gasteiger partial charge in [0, 0.05) is 32.2 Å². The Morgan fingerprint density at radius 2 is 1.83 bits per heavy atom. The van der Waals surface area contributed by atoms with E-state index in [4.69, 9.17) is 14.2 Å². The van der Waals surface area contributed by atoms with E-state index >= 15 is 0 Å². The molecule has 0 aromatic carbocycles. The van der Waals surface area contributed by atoms with E-state index in [1.54, 1.807) is 0 Å². The predicted octanol–water partition coefficient (Wildman–Crippen LogP) is 3.10. The average Bonchev–Trinajstić information content (AvgIpc) is 2.43. The van der Waals surface area contributed by atoms with Crippen molar-refractivity contribution >= 4 is 0 Å². The minimum Gasteiger partial charge on any atom is -0.381 e. The third-order valence-electron chi connectivity index (χ3n) is 6.16. The van der Waals surface area contributed by atoms with Crippen molar-refractivity contribution < 1.29 is 14.2 Å². The topological polar surface area (TPSA) is 30.9 Å². The van der Waals surface area contributed by atoms with Gasteiger partial charge in [-0.25, -0.2) is 0 Å². The molecule has 0 aromatic heterocycles. The summed E-state index contributed by atoms with van der Waals surface area (Å²) in [5.74, 6) is 0.909. The first kappa shape index (κ1) is 17.7. The number of hydrogen-bond donors (Lipinski definition) is 0. The molecule has 3 aliphatic rings. The lowest BCUT2D eigenvalue weighted by Gasteiger charge is -2.44. The highest BCUT2D eigenvalue weighted by molar-refractivity contribution is 4.89. The first-order chi connectivity index (χ1) is 11.2. The van der Waals surface area contributed by atoms with Crippen LogP contribution in [0.4, 0.5) is 0 Å². The van der Waals surface area contributed by atoms with Gasteiger partial charge in [0.2, 0.25) is 0 Å². The van der Waals surface area contributed by atoms with Gasteiger partial charge in [-0.15, -0.1) is 0 Å². The van der Waals surface area contributed by atoms with Crippen molar-refractivity contribution in [2.24, 2.45) is 11.3 Å². The molecule has 1 saturated carbocycles. The second-order valence-electron chi connectivity index (χ2n) is 8.25. The first-order valence-electron chi connectivity index (χ1n) is 9.60. The Morgan fingerprint density at radius 3 is 2.43 bits per heavy atom. The molecular weight excluding hydrogens is 290 g/mol. The number of methoxy groups -OCH3 is 1. The second-order valence-corrected chi connectivity index (χ2v) is 8.25. The normalized spacial score (nSPS) is 30.5. The van der Waals surface area contributed by atoms with Crippen molar-refractivity contribution in [2.75, 3.05) is 47.1 Å². The number of nitrogens with zero attached hydrogens (tertiary/aromatic N) is 1. The van der Waals surface area contributed by atoms with E-state index in [2.05, 4.69) is 11.9 Å². The molecule has 2 heterocycles. The molecule has 23 heavy (non-hydrogen) atoms. The fourth-order valence-electron chi connectivity index (χ4n) is 4.19. The largest absolute Gasteiger partial charge is 0.381 e. The summed E-state index contributed by atoms with van der Waals surface area (Å²) in [6.45, 7) is 5.18. The van der Waals surface area contributed by atoms with Gasteiger partial charge in [-0.2, -0.15) is 0 Å². The molecule has 0 spiro atoms. The third kappa shape index (κ3) is 4.91. The molecule has 0 unspecified atom stereocenters. The quantitative estimate of drug-likeness (QED) is 0.546. The Labute approximate surface area is 141 Å². The Kier molecular flexibility index (Phi) is 6.36. The number of rotatable bonds is 11. The van der Waals surface area contributed by atoms with Gasteiger partial charge in [0.15, 0.2) is 0 Å². The van der Waals surface area contributed by atoms with E-state index in [0.717, 1.165) is 38.8 Å². The molecule has 3 fully saturated rings. The zero-order chi connectivity index (χ0) is 16.1. The molecule has 0 radical (unpaired) electrons. The van der Waals surface area contributed by atoms with Crippen LogP contribution in [0.3, 0.4) is 0 Å². The first-order valence-corrected chi connectivity index (χ1v) is 9.60. The zero-order valence-electron chi connectivity index (χ0n) is 15.1. The fraction of sp³-hybridized carbons (Fsp3) is 1.00. The predicted molar refractivity (Wildman–Crippen MR) is 91.7 cm³/mol. The van der Waals surface area contributed by atoms with E-state index < -0.39 is 0 Å². The Bertz CT molecular complexity index is 347. The summed E-state index contributed by atoms with van der Waals surface area (Å²) in [4.78, 5) is 2.31. The third-order valence-corrected chi connectivity index (χ3v) is 6.16. The minimum atomic E-state index is 0.504. The number of likely N-dealkylation sites (tertiary alicyclic amines) is 1. The summed E-state index contributed by atoms with van der Waals surface area (Å²) in [6.07, 6.45) is 11.5. The second kappa shape index (κ2) is 8.28. The fourth-order valence-corrected chi connectivity index (χ4v) is 4.19. The maximum Gasteiger partial charge on any atom is 0.0828 e. The molecule has 2 aliphatic heterocycles. The van der Waals surface area contributed by atoms with E-state index in [1.165, 1.54) is 51.4 Å². The molecule has 2 saturated heterocycles. The van der Waals surface area contributed by atoms with Gasteiger partial charge in [-0.3, -0.25) is 0 Å². The van der Waals surface area contributed by atoms with Gasteiger partial charge >= 0.3 is 0 Å². The van der Waals surface area contributed by atoms with E-state index in [1.807, 2.05) is 7.11 Å². The summed E-state index contributed by atoms with van der Waals surface area (Å²) in [5.41, 5.74) is 0.510. The van der Waals surface area contributed by atoms with E-state index in [0.29, 0.717) is 17.6 Å². The van der Waals surface area contributed by atoms with Crippen LogP contribution in [0, 0.1) is 11.3 Å². The molecule has 0 amide bonds. The Hall–Kier alpha value is -0.160. The lowest BCUT2D eigenvalue weighted by molar-refractivity contribution is -0.128. The summed E-state index contributed by atoms with van der Waals surface area (Å²) in [6, 6.07) is 0. The Morgan fingerprint density at radius 1 is 1.04 bits per heavy atom. The molecule has 0 bridgehead atoms. The van der Waals surface area contributed by atoms with E-state index in [9.17, 15) is 0 Å². The maximum atomic E-state index is 5.86. The maximum absolute atomic E-state index is 5.86. The summed E-state index contributed by atoms with van der Waals surface area (Å²) in [7, 11) is 3.99. The van der Waals surface area contributed by atoms with Crippen LogP contribution in [-0.2, 0) is 14.2 Å². The zero-order valence-corrected chi connectivity index (χ0v) is 15.1. The van der Waals surface area contributed by atoms with E-state index in [-0.39, 0.29) is 0 Å². The molecule has 1 aliphatic carbocycles. The summed E-state index contributed by atoms with van der Waals surface area (Å²) >= 11 is 0. The number of likely N-dealkylation sites (N-methyl/N-ethyl adjacent to an activating group) is 1. The van der Waals surface area contributed by atoms with Crippen molar-refractivity contribution in [3.8, 4) is 0 Å². The number of ether oxygens (including phenoxy) is 3. The average molecular weight is 325 g/mol. The lowest BCUT2D eigenvalue weighted by Crippen LogP contribution is -2.49. The molecule has 4 nitrogen and oxygen atoms in total. The van der Waals surface area contributed by atoms with Crippen LogP contribution >= 0.6 is 0 Å². The monoisotopic (exact) mass is 325 g/mol. The van der Waals surface area contributed by atoms with Crippen molar-refractivity contribution in [3.63, 3.8) is 0 Å². The lowest BCUT2D eigenvalue weighted by atomic mass is 9.71. The molecule has 3 rings (SSSR count). The van der Waals surface area contributed by atoms with Gasteiger partial charge in [0.25, 0.3) is 0 Å². The highest BCUT2D eigenvalue weighted by atomic mass is 16.5. The van der Waals surface area contributed by atoms with Gasteiger partial charge < -0.3 is 19.1 Å². The number of unbranched alkanes of at least 4 members (excludes halogenated alkanes) is 2. The molecule has 4 heteroatoms. The van der Waals surface area contributed by atoms with Gasteiger partial charge in [0.1, 0.15) is 0 Å². The van der Waals surface area contributed by atoms with Crippen LogP contribution in [0.5, 0.6) is 0 Å². The van der Waals surface area contributed by atoms with Crippen LogP contribution in [0.2, 0.25) is 0 Å². The van der Waals surface area contributed by atoms with Crippen molar-refractivity contribution in [1.29, 1.82) is 0 Å². The highest BCUT2D eigenvalue weighted by Gasteiger charge is 2.39. The van der Waals surface area contributed by atoms with Crippen molar-refractivity contribution in [1.82, 2.24) is 4.90 Å². The molecule has 134 valence electrons. The molecular formula is C19H35NO3. The Balaban J connectivity index is 1.20. The molecule has 0 atom stereocenters. The van der Waals surface area contributed by atoms with Crippen LogP contribution in [-0.4, -0.2) is 64.2 Å². The van der Waals surface area contributed by atoms with Crippen molar-refractivity contribution in [3.05, 3.63) is 0 Å². The van der Waals surface area contributed by atoms with Gasteiger partial charge in [-0.1, -0.05) is 12.8 Å². The number of hydrogen-bond acceptors (Lipinski definition) is 4. The van der Waals surface area contributed by atoms with Crippen molar-refractivity contribution in [2.45, 2.75) is 63.6 Å². The van der Waals surface area contributed by atoms with Crippen LogP contribution < -0.4 is 0 Å². The SMILES string of the molecule is COC1CC(CCC2(CCCCCOC3CN(C)C3)COC2)C1. The molecule has 0 N–H and O–H groups in total. The highest BCUT2D eigenvalue weighted by Crippen LogP contribution is 2.42. The van der Waals surface area contributed by atoms with Gasteiger partial charge in [-0.05, 0) is 51.5 Å². The summed E-state index contributed by atoms with van der Waals surface area (Å²) in [5, 5.41) is 0. The smallest absolute Gasteiger partial charge is 0.0828 e. The van der Waals surface area contributed by atoms with Gasteiger partial charge in [0.05, 0.1) is 25.4 Å². The van der Waals surface area contributed by atoms with Crippen LogP contribution in [0.15, 0.2) is 0 Å². The van der Waals surface area contributed by atoms with Crippen LogP contribution in [0.1, 0.15) is 51.4 Å². The minimum absolute atomic E-state index is 0.504. The summed E-state index contributed by atoms with van der Waals surface area (Å²) < 4.78 is 16.8. The standard InChI is InChI=1S/C19H35NO3/c1-20-12-18(13-20)23-9-5-3-4-7-19(14-22-15-19)8-6-16-10-17(11-16)21-2/h16-18H,3-15H2,1-2H3.